The van der Waals surface area contributed by atoms with Gasteiger partial charge in [-0.15, -0.1) is 0 Å². The molecule has 1 aliphatic rings. The molecule has 1 saturated heterocycles. The molecule has 1 heterocycles. The Kier molecular flexibility index (Phi) is 6.36. The van der Waals surface area contributed by atoms with Gasteiger partial charge in [-0.2, -0.15) is 0 Å². The zero-order valence-corrected chi connectivity index (χ0v) is 15.2. The minimum absolute atomic E-state index is 0.0113. The van der Waals surface area contributed by atoms with E-state index in [2.05, 4.69) is 22.3 Å². The molecule has 0 spiro atoms. The smallest absolute Gasteiger partial charge is 0.224 e. The number of carbonyl (C=O) groups excluding carboxylic acids is 1. The zero-order chi connectivity index (χ0) is 18.2. The van der Waals surface area contributed by atoms with Crippen molar-refractivity contribution in [3.8, 4) is 11.5 Å². The van der Waals surface area contributed by atoms with Gasteiger partial charge in [0, 0.05) is 18.8 Å². The fourth-order valence-electron chi connectivity index (χ4n) is 3.08. The predicted molar refractivity (Wildman–Crippen MR) is 103 cm³/mol. The quantitative estimate of drug-likeness (QED) is 0.741. The molecule has 0 saturated carbocycles. The normalized spacial score (nSPS) is 13.5. The molecule has 0 unspecified atom stereocenters. The second-order valence-electron chi connectivity index (χ2n) is 6.41. The lowest BCUT2D eigenvalue weighted by atomic mass is 10.1. The van der Waals surface area contributed by atoms with Crippen LogP contribution < -0.4 is 19.7 Å². The van der Waals surface area contributed by atoms with Crippen molar-refractivity contribution in [2.75, 3.05) is 38.3 Å². The fourth-order valence-corrected chi connectivity index (χ4v) is 3.08. The number of nitrogens with one attached hydrogen (secondary N) is 1. The second kappa shape index (κ2) is 9.13. The maximum Gasteiger partial charge on any atom is 0.224 e. The molecule has 5 nitrogen and oxygen atoms in total. The van der Waals surface area contributed by atoms with Gasteiger partial charge in [0.1, 0.15) is 18.1 Å². The van der Waals surface area contributed by atoms with E-state index in [1.54, 1.807) is 7.11 Å². The molecular weight excluding hydrogens is 328 g/mol. The number of anilines is 1. The Morgan fingerprint density at radius 1 is 1.00 bits per heavy atom. The molecule has 0 aliphatic carbocycles. The third-order valence-corrected chi connectivity index (χ3v) is 4.52. The second-order valence-corrected chi connectivity index (χ2v) is 6.41. The van der Waals surface area contributed by atoms with E-state index in [0.717, 1.165) is 30.2 Å². The van der Waals surface area contributed by atoms with Crippen molar-refractivity contribution < 1.29 is 14.3 Å². The number of benzene rings is 2. The Morgan fingerprint density at radius 3 is 2.31 bits per heavy atom. The SMILES string of the molecule is COc1ccc(OCCNC(=O)Cc2ccc(N3CCCC3)cc2)cc1. The van der Waals surface area contributed by atoms with E-state index >= 15 is 0 Å². The molecule has 2 aromatic carbocycles. The Morgan fingerprint density at radius 2 is 1.65 bits per heavy atom. The van der Waals surface area contributed by atoms with Crippen LogP contribution in [0.3, 0.4) is 0 Å². The molecule has 1 aliphatic heterocycles. The Labute approximate surface area is 154 Å². The number of carbonyl (C=O) groups is 1. The Hall–Kier alpha value is -2.69. The highest BCUT2D eigenvalue weighted by Gasteiger charge is 2.12. The number of hydrogen-bond acceptors (Lipinski definition) is 4. The van der Waals surface area contributed by atoms with Gasteiger partial charge in [0.25, 0.3) is 0 Å². The summed E-state index contributed by atoms with van der Waals surface area (Å²) < 4.78 is 10.7. The molecule has 1 amide bonds. The number of methoxy groups -OCH3 is 1. The van der Waals surface area contributed by atoms with Crippen LogP contribution in [-0.2, 0) is 11.2 Å². The maximum absolute atomic E-state index is 12.1. The van der Waals surface area contributed by atoms with Gasteiger partial charge in [-0.3, -0.25) is 4.79 Å². The first-order valence-electron chi connectivity index (χ1n) is 9.12. The topological polar surface area (TPSA) is 50.8 Å². The minimum Gasteiger partial charge on any atom is -0.497 e. The molecule has 0 bridgehead atoms. The monoisotopic (exact) mass is 354 g/mol. The van der Waals surface area contributed by atoms with Crippen LogP contribution in [0, 0.1) is 0 Å². The number of ether oxygens (including phenoxy) is 2. The molecule has 0 radical (unpaired) electrons. The highest BCUT2D eigenvalue weighted by Crippen LogP contribution is 2.20. The summed E-state index contributed by atoms with van der Waals surface area (Å²) >= 11 is 0. The van der Waals surface area contributed by atoms with E-state index in [1.807, 2.05) is 36.4 Å². The van der Waals surface area contributed by atoms with Gasteiger partial charge in [0.2, 0.25) is 5.91 Å². The van der Waals surface area contributed by atoms with Crippen molar-refractivity contribution in [1.29, 1.82) is 0 Å². The average molecular weight is 354 g/mol. The van der Waals surface area contributed by atoms with E-state index in [-0.39, 0.29) is 5.91 Å². The molecule has 0 aromatic heterocycles. The minimum atomic E-state index is 0.0113. The van der Waals surface area contributed by atoms with Gasteiger partial charge in [-0.05, 0) is 54.8 Å². The third-order valence-electron chi connectivity index (χ3n) is 4.52. The van der Waals surface area contributed by atoms with Crippen LogP contribution in [0.25, 0.3) is 0 Å². The first-order valence-corrected chi connectivity index (χ1v) is 9.12. The van der Waals surface area contributed by atoms with Crippen LogP contribution in [0.4, 0.5) is 5.69 Å². The first kappa shape index (κ1) is 18.1. The lowest BCUT2D eigenvalue weighted by molar-refractivity contribution is -0.120. The number of nitrogens with zero attached hydrogens (tertiary/aromatic N) is 1. The number of rotatable bonds is 8. The van der Waals surface area contributed by atoms with Crippen LogP contribution >= 0.6 is 0 Å². The van der Waals surface area contributed by atoms with Gasteiger partial charge < -0.3 is 19.7 Å². The lowest BCUT2D eigenvalue weighted by Crippen LogP contribution is -2.29. The van der Waals surface area contributed by atoms with Crippen LogP contribution in [0.15, 0.2) is 48.5 Å². The largest absolute Gasteiger partial charge is 0.497 e. The van der Waals surface area contributed by atoms with Gasteiger partial charge >= 0.3 is 0 Å². The molecule has 2 aromatic rings. The summed E-state index contributed by atoms with van der Waals surface area (Å²) in [5.74, 6) is 1.57. The molecule has 0 atom stereocenters. The van der Waals surface area contributed by atoms with Crippen molar-refractivity contribution >= 4 is 11.6 Å². The molecule has 5 heteroatoms. The van der Waals surface area contributed by atoms with Crippen molar-refractivity contribution in [3.05, 3.63) is 54.1 Å². The highest BCUT2D eigenvalue weighted by atomic mass is 16.5. The van der Waals surface area contributed by atoms with Crippen molar-refractivity contribution in [2.24, 2.45) is 0 Å². The van der Waals surface area contributed by atoms with Crippen LogP contribution in [0.5, 0.6) is 11.5 Å². The summed E-state index contributed by atoms with van der Waals surface area (Å²) in [5.41, 5.74) is 2.28. The van der Waals surface area contributed by atoms with E-state index in [9.17, 15) is 4.79 Å². The summed E-state index contributed by atoms with van der Waals surface area (Å²) in [5, 5.41) is 2.89. The van der Waals surface area contributed by atoms with Crippen molar-refractivity contribution in [1.82, 2.24) is 5.32 Å². The van der Waals surface area contributed by atoms with Gasteiger partial charge in [-0.1, -0.05) is 12.1 Å². The highest BCUT2D eigenvalue weighted by molar-refractivity contribution is 5.78. The van der Waals surface area contributed by atoms with Gasteiger partial charge in [0.05, 0.1) is 20.1 Å². The van der Waals surface area contributed by atoms with Crippen LogP contribution in [0.1, 0.15) is 18.4 Å². The first-order chi connectivity index (χ1) is 12.7. The summed E-state index contributed by atoms with van der Waals surface area (Å²) in [7, 11) is 1.63. The van der Waals surface area contributed by atoms with Crippen LogP contribution in [0.2, 0.25) is 0 Å². The molecule has 3 rings (SSSR count). The number of amides is 1. The molecule has 138 valence electrons. The fraction of sp³-hybridized carbons (Fsp3) is 0.381. The zero-order valence-electron chi connectivity index (χ0n) is 15.2. The van der Waals surface area contributed by atoms with E-state index in [0.29, 0.717) is 19.6 Å². The standard InChI is InChI=1S/C21H26N2O3/c1-25-19-8-10-20(11-9-19)26-15-12-22-21(24)16-17-4-6-18(7-5-17)23-13-2-3-14-23/h4-11H,2-3,12-16H2,1H3,(H,22,24). The summed E-state index contributed by atoms with van der Waals surface area (Å²) in [4.78, 5) is 14.4. The number of hydrogen-bond donors (Lipinski definition) is 1. The lowest BCUT2D eigenvalue weighted by Gasteiger charge is -2.17. The molecular formula is C21H26N2O3. The molecule has 26 heavy (non-hydrogen) atoms. The Bertz CT molecular complexity index is 692. The van der Waals surface area contributed by atoms with Crippen molar-refractivity contribution in [3.63, 3.8) is 0 Å². The third kappa shape index (κ3) is 5.15. The summed E-state index contributed by atoms with van der Waals surface area (Å²) in [6.45, 7) is 3.19. The van der Waals surface area contributed by atoms with Crippen molar-refractivity contribution in [2.45, 2.75) is 19.3 Å². The van der Waals surface area contributed by atoms with Gasteiger partial charge in [0.15, 0.2) is 0 Å². The maximum atomic E-state index is 12.1. The average Bonchev–Trinajstić information content (AvgIpc) is 3.21. The van der Waals surface area contributed by atoms with E-state index in [4.69, 9.17) is 9.47 Å². The molecule has 1 fully saturated rings. The predicted octanol–water partition coefficient (Wildman–Crippen LogP) is 3.03. The van der Waals surface area contributed by atoms with E-state index in [1.165, 1.54) is 18.5 Å². The molecule has 1 N–H and O–H groups in total. The van der Waals surface area contributed by atoms with Crippen LogP contribution in [-0.4, -0.2) is 39.3 Å². The van der Waals surface area contributed by atoms with E-state index < -0.39 is 0 Å². The Balaban J connectivity index is 1.36. The summed E-state index contributed by atoms with van der Waals surface area (Å²) in [6, 6.07) is 15.7. The van der Waals surface area contributed by atoms with Gasteiger partial charge in [-0.25, -0.2) is 0 Å². The summed E-state index contributed by atoms with van der Waals surface area (Å²) in [6.07, 6.45) is 2.92.